The second-order valence-electron chi connectivity index (χ2n) is 2.82. The zero-order valence-electron chi connectivity index (χ0n) is 5.85. The van der Waals surface area contributed by atoms with Crippen molar-refractivity contribution >= 4 is 23.2 Å². The van der Waals surface area contributed by atoms with Gasteiger partial charge in [-0.15, -0.1) is 0 Å². The van der Waals surface area contributed by atoms with Gasteiger partial charge in [0.05, 0.1) is 5.02 Å². The van der Waals surface area contributed by atoms with Crippen LogP contribution in [-0.2, 0) is 0 Å². The Morgan fingerprint density at radius 1 is 1.36 bits per heavy atom. The molecule has 3 heteroatoms. The van der Waals surface area contributed by atoms with Crippen LogP contribution in [0.25, 0.3) is 0 Å². The van der Waals surface area contributed by atoms with Gasteiger partial charge in [0.1, 0.15) is 5.15 Å². The van der Waals surface area contributed by atoms with Crippen molar-refractivity contribution in [2.24, 2.45) is 0 Å². The quantitative estimate of drug-likeness (QED) is 0.616. The van der Waals surface area contributed by atoms with E-state index in [2.05, 4.69) is 4.98 Å². The van der Waals surface area contributed by atoms with E-state index in [1.807, 2.05) is 12.3 Å². The number of pyridine rings is 1. The molecule has 58 valence electrons. The molecular weight excluding hydrogens is 181 g/mol. The third kappa shape index (κ3) is 1.49. The van der Waals surface area contributed by atoms with Crippen molar-refractivity contribution in [3.8, 4) is 0 Å². The number of aromatic nitrogens is 1. The third-order valence-corrected chi connectivity index (χ3v) is 2.55. The Kier molecular flexibility index (Phi) is 1.78. The maximum absolute atomic E-state index is 5.79. The molecular formula is C8H7Cl2N. The van der Waals surface area contributed by atoms with E-state index >= 15 is 0 Å². The van der Waals surface area contributed by atoms with Crippen molar-refractivity contribution in [1.29, 1.82) is 0 Å². The van der Waals surface area contributed by atoms with Crippen molar-refractivity contribution in [3.05, 3.63) is 28.0 Å². The van der Waals surface area contributed by atoms with Crippen molar-refractivity contribution in [2.75, 3.05) is 0 Å². The van der Waals surface area contributed by atoms with Crippen molar-refractivity contribution in [3.63, 3.8) is 0 Å². The Bertz CT molecular complexity index is 281. The number of hydrogen-bond acceptors (Lipinski definition) is 1. The summed E-state index contributed by atoms with van der Waals surface area (Å²) in [6.07, 6.45) is 4.34. The number of nitrogens with zero attached hydrogens (tertiary/aromatic N) is 1. The van der Waals surface area contributed by atoms with E-state index in [0.717, 1.165) is 0 Å². The summed E-state index contributed by atoms with van der Waals surface area (Å²) in [6.45, 7) is 0. The van der Waals surface area contributed by atoms with Gasteiger partial charge in [-0.05, 0) is 30.4 Å². The van der Waals surface area contributed by atoms with Gasteiger partial charge in [0.25, 0.3) is 0 Å². The third-order valence-electron chi connectivity index (χ3n) is 1.87. The van der Waals surface area contributed by atoms with Crippen molar-refractivity contribution < 1.29 is 0 Å². The monoisotopic (exact) mass is 187 g/mol. The zero-order valence-corrected chi connectivity index (χ0v) is 7.36. The molecule has 0 unspecified atom stereocenters. The molecule has 0 aliphatic heterocycles. The highest BCUT2D eigenvalue weighted by molar-refractivity contribution is 6.41. The Morgan fingerprint density at radius 2 is 2.09 bits per heavy atom. The SMILES string of the molecule is Clc1cc(C2CC2)cnc1Cl. The molecule has 0 N–H and O–H groups in total. The number of halogens is 2. The first-order chi connectivity index (χ1) is 5.27. The molecule has 1 saturated carbocycles. The predicted molar refractivity (Wildman–Crippen MR) is 46.2 cm³/mol. The molecule has 1 nitrogen and oxygen atoms in total. The summed E-state index contributed by atoms with van der Waals surface area (Å²) in [5.41, 5.74) is 1.22. The van der Waals surface area contributed by atoms with Gasteiger partial charge in [-0.3, -0.25) is 0 Å². The topological polar surface area (TPSA) is 12.9 Å². The van der Waals surface area contributed by atoms with E-state index in [4.69, 9.17) is 23.2 Å². The van der Waals surface area contributed by atoms with Crippen molar-refractivity contribution in [1.82, 2.24) is 4.98 Å². The van der Waals surface area contributed by atoms with Crippen LogP contribution in [0.15, 0.2) is 12.3 Å². The van der Waals surface area contributed by atoms with Gasteiger partial charge in [0, 0.05) is 6.20 Å². The fraction of sp³-hybridized carbons (Fsp3) is 0.375. The number of hydrogen-bond donors (Lipinski definition) is 0. The summed E-state index contributed by atoms with van der Waals surface area (Å²) in [5, 5.41) is 0.965. The maximum atomic E-state index is 5.79. The van der Waals surface area contributed by atoms with Crippen LogP contribution >= 0.6 is 23.2 Å². The first-order valence-corrected chi connectivity index (χ1v) is 4.34. The van der Waals surface area contributed by atoms with Gasteiger partial charge in [-0.1, -0.05) is 23.2 Å². The predicted octanol–water partition coefficient (Wildman–Crippen LogP) is 3.27. The molecule has 0 bridgehead atoms. The lowest BCUT2D eigenvalue weighted by Gasteiger charge is -1.98. The highest BCUT2D eigenvalue weighted by Gasteiger charge is 2.24. The van der Waals surface area contributed by atoms with Gasteiger partial charge in [0.15, 0.2) is 0 Å². The fourth-order valence-electron chi connectivity index (χ4n) is 1.08. The lowest BCUT2D eigenvalue weighted by molar-refractivity contribution is 1.09. The second-order valence-corrected chi connectivity index (χ2v) is 3.58. The molecule has 1 aromatic rings. The molecule has 1 fully saturated rings. The van der Waals surface area contributed by atoms with Crippen LogP contribution in [0.5, 0.6) is 0 Å². The average molecular weight is 188 g/mol. The van der Waals surface area contributed by atoms with Gasteiger partial charge in [-0.25, -0.2) is 4.98 Å². The summed E-state index contributed by atoms with van der Waals surface area (Å²) >= 11 is 11.5. The second kappa shape index (κ2) is 2.65. The van der Waals surface area contributed by atoms with Crippen LogP contribution in [0.2, 0.25) is 10.2 Å². The highest BCUT2D eigenvalue weighted by atomic mass is 35.5. The first-order valence-electron chi connectivity index (χ1n) is 3.58. The van der Waals surface area contributed by atoms with E-state index in [9.17, 15) is 0 Å². The normalized spacial score (nSPS) is 16.9. The highest BCUT2D eigenvalue weighted by Crippen LogP contribution is 2.40. The Morgan fingerprint density at radius 3 is 2.64 bits per heavy atom. The Balaban J connectivity index is 2.36. The van der Waals surface area contributed by atoms with Crippen LogP contribution in [0.3, 0.4) is 0 Å². The minimum absolute atomic E-state index is 0.399. The molecule has 1 aliphatic carbocycles. The van der Waals surface area contributed by atoms with Crippen LogP contribution in [-0.4, -0.2) is 4.98 Å². The van der Waals surface area contributed by atoms with Crippen LogP contribution in [0.4, 0.5) is 0 Å². The van der Waals surface area contributed by atoms with Gasteiger partial charge in [-0.2, -0.15) is 0 Å². The molecule has 0 radical (unpaired) electrons. The van der Waals surface area contributed by atoms with Crippen LogP contribution < -0.4 is 0 Å². The Hall–Kier alpha value is -0.270. The molecule has 1 aromatic heterocycles. The molecule has 1 aliphatic rings. The molecule has 0 spiro atoms. The molecule has 0 atom stereocenters. The van der Waals surface area contributed by atoms with Crippen LogP contribution in [0.1, 0.15) is 24.3 Å². The molecule has 1 heterocycles. The largest absolute Gasteiger partial charge is 0.243 e. The summed E-state index contributed by atoms with van der Waals surface area (Å²) in [5.74, 6) is 0.692. The minimum Gasteiger partial charge on any atom is -0.243 e. The van der Waals surface area contributed by atoms with E-state index in [-0.39, 0.29) is 0 Å². The first kappa shape index (κ1) is 7.38. The van der Waals surface area contributed by atoms with Gasteiger partial charge in [0.2, 0.25) is 0 Å². The average Bonchev–Trinajstić information content (AvgIpc) is 2.77. The molecule has 0 aromatic carbocycles. The van der Waals surface area contributed by atoms with Gasteiger partial charge >= 0.3 is 0 Å². The van der Waals surface area contributed by atoms with Crippen LogP contribution in [0, 0.1) is 0 Å². The molecule has 0 saturated heterocycles. The van der Waals surface area contributed by atoms with E-state index in [1.165, 1.54) is 18.4 Å². The standard InChI is InChI=1S/C8H7Cl2N/c9-7-3-6(5-1-2-5)4-11-8(7)10/h3-5H,1-2H2. The Labute approximate surface area is 75.3 Å². The minimum atomic E-state index is 0.399. The van der Waals surface area contributed by atoms with Gasteiger partial charge < -0.3 is 0 Å². The zero-order chi connectivity index (χ0) is 7.84. The smallest absolute Gasteiger partial charge is 0.147 e. The van der Waals surface area contributed by atoms with E-state index in [0.29, 0.717) is 16.1 Å². The molecule has 2 rings (SSSR count). The summed E-state index contributed by atoms with van der Waals surface area (Å²) in [4.78, 5) is 3.97. The summed E-state index contributed by atoms with van der Waals surface area (Å²) in [6, 6.07) is 1.91. The summed E-state index contributed by atoms with van der Waals surface area (Å²) in [7, 11) is 0. The summed E-state index contributed by atoms with van der Waals surface area (Å²) < 4.78 is 0. The number of rotatable bonds is 1. The van der Waals surface area contributed by atoms with Crippen molar-refractivity contribution in [2.45, 2.75) is 18.8 Å². The lowest BCUT2D eigenvalue weighted by Crippen LogP contribution is -1.82. The van der Waals surface area contributed by atoms with E-state index in [1.54, 1.807) is 0 Å². The maximum Gasteiger partial charge on any atom is 0.147 e. The molecule has 11 heavy (non-hydrogen) atoms. The lowest BCUT2D eigenvalue weighted by atomic mass is 10.2. The fourth-order valence-corrected chi connectivity index (χ4v) is 1.35. The molecule has 0 amide bonds. The van der Waals surface area contributed by atoms with E-state index < -0.39 is 0 Å².